The molecular formula is C17H16F6N3O+. The van der Waals surface area contributed by atoms with Gasteiger partial charge in [-0.25, -0.2) is 10.3 Å². The number of carbonyl (C=O) groups excluding carboxylic acids is 1. The van der Waals surface area contributed by atoms with Crippen molar-refractivity contribution in [1.82, 2.24) is 5.32 Å². The second-order valence-electron chi connectivity index (χ2n) is 5.97. The van der Waals surface area contributed by atoms with Crippen molar-refractivity contribution in [2.75, 3.05) is 5.32 Å². The first-order valence-corrected chi connectivity index (χ1v) is 7.65. The van der Waals surface area contributed by atoms with E-state index in [2.05, 4.69) is 4.98 Å². The molecule has 0 atom stereocenters. The second kappa shape index (κ2) is 7.09. The van der Waals surface area contributed by atoms with E-state index in [1.807, 2.05) is 0 Å². The zero-order valence-electron chi connectivity index (χ0n) is 14.2. The predicted molar refractivity (Wildman–Crippen MR) is 84.8 cm³/mol. The second-order valence-corrected chi connectivity index (χ2v) is 5.97. The van der Waals surface area contributed by atoms with Crippen LogP contribution in [0.1, 0.15) is 21.5 Å². The number of nitrogens with one attached hydrogen (secondary N) is 3. The van der Waals surface area contributed by atoms with Gasteiger partial charge in [0, 0.05) is 11.6 Å². The Bertz CT molecular complexity index is 783. The average molecular weight is 392 g/mol. The number of pyridine rings is 1. The highest BCUT2D eigenvalue weighted by Crippen LogP contribution is 2.43. The maximum atomic E-state index is 13.6. The Labute approximate surface area is 150 Å². The SMILES string of the molecule is Cc1ccc(C(=O)NC(Nc2ccc(C)c[nH+]2)(C(F)(F)F)C(F)(F)F)cc1. The van der Waals surface area contributed by atoms with Crippen LogP contribution in [0.3, 0.4) is 0 Å². The summed E-state index contributed by atoms with van der Waals surface area (Å²) in [6.07, 6.45) is -10.5. The summed E-state index contributed by atoms with van der Waals surface area (Å²) < 4.78 is 81.4. The molecule has 0 saturated carbocycles. The van der Waals surface area contributed by atoms with Crippen molar-refractivity contribution in [2.24, 2.45) is 0 Å². The first-order chi connectivity index (χ1) is 12.4. The van der Waals surface area contributed by atoms with Crippen LogP contribution in [0.25, 0.3) is 0 Å². The lowest BCUT2D eigenvalue weighted by atomic mass is 10.1. The van der Waals surface area contributed by atoms with E-state index in [0.29, 0.717) is 11.1 Å². The molecule has 0 bridgehead atoms. The zero-order valence-corrected chi connectivity index (χ0v) is 14.2. The van der Waals surface area contributed by atoms with Crippen LogP contribution >= 0.6 is 0 Å². The van der Waals surface area contributed by atoms with E-state index < -0.39 is 29.7 Å². The van der Waals surface area contributed by atoms with Gasteiger partial charge >= 0.3 is 18.0 Å². The molecule has 146 valence electrons. The molecule has 0 fully saturated rings. The highest BCUT2D eigenvalue weighted by atomic mass is 19.4. The molecule has 0 spiro atoms. The number of carbonyl (C=O) groups is 1. The van der Waals surface area contributed by atoms with Gasteiger partial charge in [0.05, 0.1) is 6.20 Å². The van der Waals surface area contributed by atoms with Gasteiger partial charge in [-0.15, -0.1) is 0 Å². The Morgan fingerprint density at radius 3 is 1.81 bits per heavy atom. The maximum absolute atomic E-state index is 13.6. The van der Waals surface area contributed by atoms with Gasteiger partial charge in [0.2, 0.25) is 0 Å². The number of rotatable bonds is 4. The van der Waals surface area contributed by atoms with E-state index in [4.69, 9.17) is 0 Å². The number of benzene rings is 1. The molecule has 0 unspecified atom stereocenters. The monoisotopic (exact) mass is 392 g/mol. The predicted octanol–water partition coefficient (Wildman–Crippen LogP) is 3.78. The highest BCUT2D eigenvalue weighted by molar-refractivity contribution is 5.95. The molecule has 1 amide bonds. The van der Waals surface area contributed by atoms with E-state index in [-0.39, 0.29) is 5.56 Å². The molecule has 27 heavy (non-hydrogen) atoms. The molecule has 0 aliphatic rings. The number of hydrogen-bond acceptors (Lipinski definition) is 2. The first-order valence-electron chi connectivity index (χ1n) is 7.65. The van der Waals surface area contributed by atoms with Crippen molar-refractivity contribution in [3.8, 4) is 0 Å². The van der Waals surface area contributed by atoms with Crippen LogP contribution < -0.4 is 15.6 Å². The Morgan fingerprint density at radius 1 is 0.852 bits per heavy atom. The highest BCUT2D eigenvalue weighted by Gasteiger charge is 2.76. The van der Waals surface area contributed by atoms with Crippen LogP contribution in [-0.2, 0) is 0 Å². The van der Waals surface area contributed by atoms with Crippen LogP contribution in [-0.4, -0.2) is 23.9 Å². The summed E-state index contributed by atoms with van der Waals surface area (Å²) in [7, 11) is 0. The number of amides is 1. The minimum Gasteiger partial charge on any atom is -0.296 e. The molecule has 4 nitrogen and oxygen atoms in total. The molecular weight excluding hydrogens is 376 g/mol. The molecule has 1 aromatic carbocycles. The number of halogens is 6. The fourth-order valence-electron chi connectivity index (χ4n) is 2.21. The van der Waals surface area contributed by atoms with Gasteiger partial charge in [0.15, 0.2) is 0 Å². The Kier molecular flexibility index (Phi) is 5.39. The largest absolute Gasteiger partial charge is 0.462 e. The standard InChI is InChI=1S/C17H15F6N3O/c1-10-3-6-12(7-4-10)14(27)26-15(16(18,19)20,17(21,22)23)25-13-8-5-11(2)9-24-13/h3-9H,1-2H3,(H,24,25)(H,26,27)/p+1. The minimum absolute atomic E-state index is 0.340. The summed E-state index contributed by atoms with van der Waals surface area (Å²) >= 11 is 0. The number of aryl methyl sites for hydroxylation is 2. The van der Waals surface area contributed by atoms with Crippen LogP contribution in [0.2, 0.25) is 0 Å². The van der Waals surface area contributed by atoms with Crippen molar-refractivity contribution in [3.05, 3.63) is 59.3 Å². The average Bonchev–Trinajstić information content (AvgIpc) is 2.54. The lowest BCUT2D eigenvalue weighted by molar-refractivity contribution is -0.367. The summed E-state index contributed by atoms with van der Waals surface area (Å²) in [5.74, 6) is -2.09. The molecule has 0 saturated heterocycles. The van der Waals surface area contributed by atoms with Crippen LogP contribution in [0.15, 0.2) is 42.6 Å². The van der Waals surface area contributed by atoms with Crippen molar-refractivity contribution < 1.29 is 36.1 Å². The lowest BCUT2D eigenvalue weighted by Crippen LogP contribution is -2.72. The van der Waals surface area contributed by atoms with E-state index >= 15 is 0 Å². The van der Waals surface area contributed by atoms with Crippen molar-refractivity contribution in [3.63, 3.8) is 0 Å². The van der Waals surface area contributed by atoms with E-state index in [0.717, 1.165) is 23.5 Å². The Balaban J connectivity index is 2.49. The smallest absolute Gasteiger partial charge is 0.296 e. The van der Waals surface area contributed by atoms with Crippen molar-refractivity contribution in [2.45, 2.75) is 31.9 Å². The van der Waals surface area contributed by atoms with Gasteiger partial charge in [0.25, 0.3) is 11.7 Å². The van der Waals surface area contributed by atoms with Crippen molar-refractivity contribution in [1.29, 1.82) is 0 Å². The van der Waals surface area contributed by atoms with Crippen LogP contribution in [0.5, 0.6) is 0 Å². The summed E-state index contributed by atoms with van der Waals surface area (Å²) in [5, 5.41) is 2.46. The topological polar surface area (TPSA) is 55.3 Å². The van der Waals surface area contributed by atoms with Crippen molar-refractivity contribution >= 4 is 11.7 Å². The maximum Gasteiger partial charge on any atom is 0.462 e. The van der Waals surface area contributed by atoms with Gasteiger partial charge < -0.3 is 0 Å². The number of aromatic nitrogens is 1. The molecule has 10 heteroatoms. The molecule has 1 heterocycles. The number of H-pyrrole nitrogens is 1. The summed E-state index contributed by atoms with van der Waals surface area (Å²) in [6, 6.07) is 7.41. The third-order valence-corrected chi connectivity index (χ3v) is 3.76. The molecule has 0 aliphatic carbocycles. The number of aromatic amines is 1. The third kappa shape index (κ3) is 4.32. The molecule has 3 N–H and O–H groups in total. The summed E-state index contributed by atoms with van der Waals surface area (Å²) in [5.41, 5.74) is -3.74. The summed E-state index contributed by atoms with van der Waals surface area (Å²) in [4.78, 5) is 14.4. The lowest BCUT2D eigenvalue weighted by Gasteiger charge is -2.34. The molecule has 0 aliphatic heterocycles. The van der Waals surface area contributed by atoms with Crippen LogP contribution in [0, 0.1) is 13.8 Å². The van der Waals surface area contributed by atoms with Gasteiger partial charge in [-0.3, -0.25) is 10.1 Å². The molecule has 2 rings (SSSR count). The number of anilines is 1. The Morgan fingerprint density at radius 2 is 1.37 bits per heavy atom. The normalized spacial score (nSPS) is 12.6. The molecule has 2 aromatic rings. The van der Waals surface area contributed by atoms with Gasteiger partial charge in [-0.05, 0) is 37.6 Å². The Hall–Kier alpha value is -2.78. The first kappa shape index (κ1) is 20.5. The van der Waals surface area contributed by atoms with E-state index in [9.17, 15) is 31.1 Å². The zero-order chi connectivity index (χ0) is 20.5. The minimum atomic E-state index is -5.88. The van der Waals surface area contributed by atoms with E-state index in [1.54, 1.807) is 13.8 Å². The summed E-state index contributed by atoms with van der Waals surface area (Å²) in [6.45, 7) is 3.26. The van der Waals surface area contributed by atoms with E-state index in [1.165, 1.54) is 29.7 Å². The molecule has 0 radical (unpaired) electrons. The van der Waals surface area contributed by atoms with Gasteiger partial charge in [0.1, 0.15) is 0 Å². The third-order valence-electron chi connectivity index (χ3n) is 3.76. The van der Waals surface area contributed by atoms with Gasteiger partial charge in [-0.1, -0.05) is 17.7 Å². The fraction of sp³-hybridized carbons (Fsp3) is 0.294. The number of alkyl halides is 6. The van der Waals surface area contributed by atoms with Crippen LogP contribution in [0.4, 0.5) is 32.2 Å². The fourth-order valence-corrected chi connectivity index (χ4v) is 2.21. The quantitative estimate of drug-likeness (QED) is 0.615. The molecule has 1 aromatic heterocycles. The van der Waals surface area contributed by atoms with Gasteiger partial charge in [-0.2, -0.15) is 26.3 Å². The number of hydrogen-bond donors (Lipinski definition) is 2.